The van der Waals surface area contributed by atoms with Crippen molar-refractivity contribution in [3.63, 3.8) is 0 Å². The fraction of sp³-hybridized carbons (Fsp3) is 0.227. The van der Waals surface area contributed by atoms with Gasteiger partial charge in [-0.2, -0.15) is 0 Å². The molecule has 1 amide bonds. The van der Waals surface area contributed by atoms with Crippen LogP contribution in [0.1, 0.15) is 28.8 Å². The smallest absolute Gasteiger partial charge is 0.253 e. The van der Waals surface area contributed by atoms with Crippen LogP contribution >= 0.6 is 0 Å². The molecule has 1 saturated heterocycles. The second-order valence-electron chi connectivity index (χ2n) is 6.87. The summed E-state index contributed by atoms with van der Waals surface area (Å²) in [5.74, 6) is -0.163. The van der Waals surface area contributed by atoms with Crippen LogP contribution in [0.25, 0.3) is 0 Å². The first kappa shape index (κ1) is 18.0. The number of aromatic nitrogens is 2. The second kappa shape index (κ2) is 8.52. The van der Waals surface area contributed by atoms with E-state index in [2.05, 4.69) is 49.8 Å². The Labute approximate surface area is 164 Å². The molecule has 0 unspecified atom stereocenters. The first-order valence-electron chi connectivity index (χ1n) is 9.52. The summed E-state index contributed by atoms with van der Waals surface area (Å²) in [6, 6.07) is 14.0. The molecule has 4 rings (SSSR count). The van der Waals surface area contributed by atoms with E-state index < -0.39 is 0 Å². The molecule has 1 aliphatic heterocycles. The van der Waals surface area contributed by atoms with Crippen LogP contribution < -0.4 is 15.5 Å². The van der Waals surface area contributed by atoms with Gasteiger partial charge in [-0.15, -0.1) is 0 Å². The topological polar surface area (TPSA) is 70.1 Å². The third-order valence-electron chi connectivity index (χ3n) is 4.80. The zero-order valence-electron chi connectivity index (χ0n) is 15.6. The average molecular weight is 373 g/mol. The number of nitrogens with one attached hydrogen (secondary N) is 2. The van der Waals surface area contributed by atoms with E-state index in [4.69, 9.17) is 0 Å². The molecule has 3 heterocycles. The maximum atomic E-state index is 12.4. The Balaban J connectivity index is 1.38. The first-order chi connectivity index (χ1) is 13.8. The molecule has 1 aromatic carbocycles. The predicted octanol–water partition coefficient (Wildman–Crippen LogP) is 3.75. The maximum Gasteiger partial charge on any atom is 0.253 e. The minimum Gasteiger partial charge on any atom is -0.372 e. The number of carbonyl (C=O) groups is 1. The van der Waals surface area contributed by atoms with Crippen molar-refractivity contribution in [3.05, 3.63) is 78.4 Å². The van der Waals surface area contributed by atoms with Crippen LogP contribution in [0.2, 0.25) is 0 Å². The van der Waals surface area contributed by atoms with Crippen LogP contribution in [0.15, 0.2) is 67.3 Å². The van der Waals surface area contributed by atoms with Gasteiger partial charge < -0.3 is 15.5 Å². The number of hydrogen-bond acceptors (Lipinski definition) is 5. The SMILES string of the molecule is O=C(NCc1cccnc1)c1cncc(Nc2ccc(N3CCCC3)cc2)c1. The summed E-state index contributed by atoms with van der Waals surface area (Å²) in [4.78, 5) is 23.1. The highest BCUT2D eigenvalue weighted by Crippen LogP contribution is 2.24. The van der Waals surface area contributed by atoms with Crippen molar-refractivity contribution in [2.24, 2.45) is 0 Å². The molecule has 142 valence electrons. The highest BCUT2D eigenvalue weighted by atomic mass is 16.1. The second-order valence-corrected chi connectivity index (χ2v) is 6.87. The molecule has 2 aromatic heterocycles. The van der Waals surface area contributed by atoms with Gasteiger partial charge in [0, 0.05) is 49.6 Å². The summed E-state index contributed by atoms with van der Waals surface area (Å²) in [5.41, 5.74) is 4.48. The van der Waals surface area contributed by atoms with Crippen LogP contribution in [0, 0.1) is 0 Å². The van der Waals surface area contributed by atoms with Crippen molar-refractivity contribution < 1.29 is 4.79 Å². The number of benzene rings is 1. The van der Waals surface area contributed by atoms with Crippen LogP contribution in [-0.4, -0.2) is 29.0 Å². The zero-order chi connectivity index (χ0) is 19.2. The van der Waals surface area contributed by atoms with Gasteiger partial charge in [-0.1, -0.05) is 6.07 Å². The molecule has 6 heteroatoms. The van der Waals surface area contributed by atoms with Crippen LogP contribution in [0.3, 0.4) is 0 Å². The van der Waals surface area contributed by atoms with E-state index in [0.29, 0.717) is 12.1 Å². The quantitative estimate of drug-likeness (QED) is 0.689. The molecule has 0 bridgehead atoms. The van der Waals surface area contributed by atoms with E-state index in [-0.39, 0.29) is 5.91 Å². The number of amides is 1. The van der Waals surface area contributed by atoms with Gasteiger partial charge in [0.2, 0.25) is 0 Å². The lowest BCUT2D eigenvalue weighted by Crippen LogP contribution is -2.23. The minimum atomic E-state index is -0.163. The highest BCUT2D eigenvalue weighted by molar-refractivity contribution is 5.94. The fourth-order valence-corrected chi connectivity index (χ4v) is 3.32. The van der Waals surface area contributed by atoms with Crippen molar-refractivity contribution >= 4 is 23.0 Å². The molecular formula is C22H23N5O. The van der Waals surface area contributed by atoms with E-state index in [1.807, 2.05) is 12.1 Å². The molecule has 0 spiro atoms. The van der Waals surface area contributed by atoms with E-state index in [1.165, 1.54) is 18.5 Å². The molecular weight excluding hydrogens is 350 g/mol. The average Bonchev–Trinajstić information content (AvgIpc) is 3.28. The van der Waals surface area contributed by atoms with Gasteiger partial charge in [-0.25, -0.2) is 0 Å². The van der Waals surface area contributed by atoms with Gasteiger partial charge in [-0.3, -0.25) is 14.8 Å². The van der Waals surface area contributed by atoms with Gasteiger partial charge in [0.25, 0.3) is 5.91 Å². The lowest BCUT2D eigenvalue weighted by molar-refractivity contribution is 0.0950. The van der Waals surface area contributed by atoms with Crippen molar-refractivity contribution in [1.29, 1.82) is 0 Å². The van der Waals surface area contributed by atoms with E-state index >= 15 is 0 Å². The van der Waals surface area contributed by atoms with Crippen molar-refractivity contribution in [3.8, 4) is 0 Å². The molecule has 1 fully saturated rings. The van der Waals surface area contributed by atoms with Crippen molar-refractivity contribution in [1.82, 2.24) is 15.3 Å². The first-order valence-corrected chi connectivity index (χ1v) is 9.52. The lowest BCUT2D eigenvalue weighted by Gasteiger charge is -2.18. The van der Waals surface area contributed by atoms with Crippen LogP contribution in [0.4, 0.5) is 17.1 Å². The third kappa shape index (κ3) is 4.46. The van der Waals surface area contributed by atoms with Crippen molar-refractivity contribution in [2.75, 3.05) is 23.3 Å². The summed E-state index contributed by atoms with van der Waals surface area (Å²) < 4.78 is 0. The Hall–Kier alpha value is -3.41. The van der Waals surface area contributed by atoms with Gasteiger partial charge in [0.05, 0.1) is 17.4 Å². The van der Waals surface area contributed by atoms with Gasteiger partial charge in [0.15, 0.2) is 0 Å². The normalized spacial score (nSPS) is 13.4. The maximum absolute atomic E-state index is 12.4. The Morgan fingerprint density at radius 1 is 0.964 bits per heavy atom. The summed E-state index contributed by atoms with van der Waals surface area (Å²) in [7, 11) is 0. The Kier molecular flexibility index (Phi) is 5.47. The standard InChI is InChI=1S/C22H23N5O/c28-22(25-14-17-4-3-9-23-13-17)18-12-20(16-24-15-18)26-19-5-7-21(8-6-19)27-10-1-2-11-27/h3-9,12-13,15-16,26H,1-2,10-11,14H2,(H,25,28). The Bertz CT molecular complexity index is 921. The molecule has 0 atom stereocenters. The van der Waals surface area contributed by atoms with E-state index in [0.717, 1.165) is 30.0 Å². The Morgan fingerprint density at radius 3 is 2.54 bits per heavy atom. The van der Waals surface area contributed by atoms with E-state index in [1.54, 1.807) is 30.9 Å². The third-order valence-corrected chi connectivity index (χ3v) is 4.80. The number of carbonyl (C=O) groups excluding carboxylic acids is 1. The Morgan fingerprint density at radius 2 is 1.79 bits per heavy atom. The number of anilines is 3. The molecule has 0 aliphatic carbocycles. The molecule has 28 heavy (non-hydrogen) atoms. The molecule has 0 radical (unpaired) electrons. The fourth-order valence-electron chi connectivity index (χ4n) is 3.32. The summed E-state index contributed by atoms with van der Waals surface area (Å²) in [6.07, 6.45) is 9.26. The van der Waals surface area contributed by atoms with E-state index in [9.17, 15) is 4.79 Å². The number of rotatable bonds is 6. The molecule has 0 saturated carbocycles. The molecule has 3 aromatic rings. The summed E-state index contributed by atoms with van der Waals surface area (Å²) >= 11 is 0. The van der Waals surface area contributed by atoms with Crippen molar-refractivity contribution in [2.45, 2.75) is 19.4 Å². The van der Waals surface area contributed by atoms with Crippen LogP contribution in [0.5, 0.6) is 0 Å². The van der Waals surface area contributed by atoms with Gasteiger partial charge in [-0.05, 0) is 54.8 Å². The predicted molar refractivity (Wildman–Crippen MR) is 111 cm³/mol. The summed E-state index contributed by atoms with van der Waals surface area (Å²) in [5, 5.41) is 6.21. The monoisotopic (exact) mass is 373 g/mol. The minimum absolute atomic E-state index is 0.163. The largest absolute Gasteiger partial charge is 0.372 e. The lowest BCUT2D eigenvalue weighted by atomic mass is 10.2. The number of nitrogens with zero attached hydrogens (tertiary/aromatic N) is 3. The van der Waals surface area contributed by atoms with Gasteiger partial charge >= 0.3 is 0 Å². The van der Waals surface area contributed by atoms with Gasteiger partial charge in [0.1, 0.15) is 0 Å². The molecule has 1 aliphatic rings. The number of hydrogen-bond donors (Lipinski definition) is 2. The number of pyridine rings is 2. The highest BCUT2D eigenvalue weighted by Gasteiger charge is 2.12. The molecule has 6 nitrogen and oxygen atoms in total. The zero-order valence-corrected chi connectivity index (χ0v) is 15.6. The molecule has 2 N–H and O–H groups in total. The summed E-state index contributed by atoms with van der Waals surface area (Å²) in [6.45, 7) is 2.70. The van der Waals surface area contributed by atoms with Crippen LogP contribution in [-0.2, 0) is 6.54 Å².